The summed E-state index contributed by atoms with van der Waals surface area (Å²) in [5.41, 5.74) is -0.390. The van der Waals surface area contributed by atoms with Crippen LogP contribution in [-0.2, 0) is 19.4 Å². The van der Waals surface area contributed by atoms with Gasteiger partial charge >= 0.3 is 0 Å². The number of hydrogen-bond acceptors (Lipinski definition) is 4. The van der Waals surface area contributed by atoms with E-state index in [1.54, 1.807) is 0 Å². The first kappa shape index (κ1) is 15.3. The first-order chi connectivity index (χ1) is 9.10. The molecule has 2 saturated heterocycles. The average molecular weight is 302 g/mol. The van der Waals surface area contributed by atoms with Crippen LogP contribution in [0.5, 0.6) is 0 Å². The molecule has 2 fully saturated rings. The summed E-state index contributed by atoms with van der Waals surface area (Å²) >= 11 is 0. The summed E-state index contributed by atoms with van der Waals surface area (Å²) in [5.74, 6) is -0.227. The molecule has 1 N–H and O–H groups in total. The van der Waals surface area contributed by atoms with E-state index in [9.17, 15) is 18.0 Å². The number of amides is 2. The van der Waals surface area contributed by atoms with E-state index in [2.05, 4.69) is 5.32 Å². The van der Waals surface area contributed by atoms with Gasteiger partial charge in [-0.05, 0) is 18.3 Å². The van der Waals surface area contributed by atoms with Crippen LogP contribution in [0.15, 0.2) is 0 Å². The van der Waals surface area contributed by atoms with Gasteiger partial charge in [-0.3, -0.25) is 9.59 Å². The second kappa shape index (κ2) is 5.02. The molecule has 7 heteroatoms. The highest BCUT2D eigenvalue weighted by atomic mass is 32.2. The lowest BCUT2D eigenvalue weighted by atomic mass is 9.84. The van der Waals surface area contributed by atoms with Crippen LogP contribution in [0.2, 0.25) is 0 Å². The van der Waals surface area contributed by atoms with Gasteiger partial charge in [0.05, 0.1) is 18.1 Å². The molecule has 2 heterocycles. The predicted molar refractivity (Wildman–Crippen MR) is 74.8 cm³/mol. The fraction of sp³-hybridized carbons (Fsp3) is 0.846. The molecule has 2 rings (SSSR count). The molecule has 0 aromatic heterocycles. The van der Waals surface area contributed by atoms with Crippen LogP contribution in [0, 0.1) is 5.41 Å². The maximum atomic E-state index is 12.5. The monoisotopic (exact) mass is 302 g/mol. The van der Waals surface area contributed by atoms with E-state index in [4.69, 9.17) is 0 Å². The van der Waals surface area contributed by atoms with Gasteiger partial charge in [-0.25, -0.2) is 8.42 Å². The second-order valence-electron chi connectivity index (χ2n) is 6.74. The number of nitrogens with zero attached hydrogens (tertiary/aromatic N) is 1. The number of carbonyl (C=O) groups excluding carboxylic acids is 2. The normalized spacial score (nSPS) is 31.1. The van der Waals surface area contributed by atoms with Gasteiger partial charge in [0, 0.05) is 6.04 Å². The topological polar surface area (TPSA) is 83.6 Å². The Morgan fingerprint density at radius 1 is 1.25 bits per heavy atom. The fourth-order valence-electron chi connectivity index (χ4n) is 2.81. The molecule has 114 valence electrons. The highest BCUT2D eigenvalue weighted by Gasteiger charge is 2.43. The van der Waals surface area contributed by atoms with E-state index < -0.39 is 15.9 Å². The third-order valence-electron chi connectivity index (χ3n) is 3.90. The predicted octanol–water partition coefficient (Wildman–Crippen LogP) is -0.0633. The van der Waals surface area contributed by atoms with Crippen LogP contribution in [-0.4, -0.2) is 55.3 Å². The standard InChI is InChI=1S/C13H22N2O4S/c1-13(2,3)11-12(17)15(7-10(16)14-11)9-5-4-6-20(18,19)8-9/h9,11H,4-8H2,1-3H3,(H,14,16). The quantitative estimate of drug-likeness (QED) is 0.735. The minimum absolute atomic E-state index is 0.0249. The van der Waals surface area contributed by atoms with Crippen LogP contribution in [0.25, 0.3) is 0 Å². The summed E-state index contributed by atoms with van der Waals surface area (Å²) in [6.07, 6.45) is 1.20. The van der Waals surface area contributed by atoms with Crippen LogP contribution in [0.4, 0.5) is 0 Å². The lowest BCUT2D eigenvalue weighted by molar-refractivity contribution is -0.149. The highest BCUT2D eigenvalue weighted by Crippen LogP contribution is 2.26. The van der Waals surface area contributed by atoms with Crippen LogP contribution >= 0.6 is 0 Å². The molecule has 2 aliphatic heterocycles. The smallest absolute Gasteiger partial charge is 0.246 e. The van der Waals surface area contributed by atoms with E-state index >= 15 is 0 Å². The van der Waals surface area contributed by atoms with E-state index in [0.717, 1.165) is 0 Å². The summed E-state index contributed by atoms with van der Waals surface area (Å²) in [6, 6.07) is -0.953. The molecule has 2 atom stereocenters. The first-order valence-corrected chi connectivity index (χ1v) is 8.72. The molecule has 0 aliphatic carbocycles. The van der Waals surface area contributed by atoms with Gasteiger partial charge in [-0.1, -0.05) is 20.8 Å². The number of hydrogen-bond donors (Lipinski definition) is 1. The lowest BCUT2D eigenvalue weighted by Crippen LogP contribution is -2.65. The zero-order valence-electron chi connectivity index (χ0n) is 12.2. The van der Waals surface area contributed by atoms with E-state index in [1.165, 1.54) is 4.90 Å². The van der Waals surface area contributed by atoms with Crippen LogP contribution < -0.4 is 5.32 Å². The largest absolute Gasteiger partial charge is 0.342 e. The molecule has 20 heavy (non-hydrogen) atoms. The Hall–Kier alpha value is -1.11. The third-order valence-corrected chi connectivity index (χ3v) is 5.70. The van der Waals surface area contributed by atoms with Crippen molar-refractivity contribution in [2.75, 3.05) is 18.1 Å². The Kier molecular flexibility index (Phi) is 3.83. The Morgan fingerprint density at radius 3 is 2.45 bits per heavy atom. The van der Waals surface area contributed by atoms with Crippen LogP contribution in [0.3, 0.4) is 0 Å². The van der Waals surface area contributed by atoms with Crippen molar-refractivity contribution in [2.24, 2.45) is 5.41 Å². The third kappa shape index (κ3) is 3.13. The summed E-state index contributed by atoms with van der Waals surface area (Å²) in [6.45, 7) is 5.62. The van der Waals surface area contributed by atoms with E-state index in [0.29, 0.717) is 12.8 Å². The molecule has 0 saturated carbocycles. The van der Waals surface area contributed by atoms with Crippen molar-refractivity contribution >= 4 is 21.7 Å². The molecule has 0 radical (unpaired) electrons. The van der Waals surface area contributed by atoms with Gasteiger partial charge in [0.15, 0.2) is 9.84 Å². The van der Waals surface area contributed by atoms with Gasteiger partial charge in [-0.15, -0.1) is 0 Å². The minimum Gasteiger partial charge on any atom is -0.342 e. The zero-order chi connectivity index (χ0) is 15.1. The Morgan fingerprint density at radius 2 is 1.90 bits per heavy atom. The fourth-order valence-corrected chi connectivity index (χ4v) is 4.51. The molecule has 0 spiro atoms. The Bertz CT molecular complexity index is 521. The lowest BCUT2D eigenvalue weighted by Gasteiger charge is -2.43. The first-order valence-electron chi connectivity index (χ1n) is 6.90. The summed E-state index contributed by atoms with van der Waals surface area (Å²) < 4.78 is 23.5. The van der Waals surface area contributed by atoms with Crippen molar-refractivity contribution in [3.8, 4) is 0 Å². The van der Waals surface area contributed by atoms with Crippen molar-refractivity contribution in [1.82, 2.24) is 10.2 Å². The molecule has 2 aliphatic rings. The molecule has 0 aromatic rings. The number of sulfone groups is 1. The van der Waals surface area contributed by atoms with E-state index in [-0.39, 0.29) is 41.3 Å². The molecule has 2 unspecified atom stereocenters. The van der Waals surface area contributed by atoms with Gasteiger partial charge in [-0.2, -0.15) is 0 Å². The van der Waals surface area contributed by atoms with Gasteiger partial charge < -0.3 is 10.2 Å². The van der Waals surface area contributed by atoms with Crippen LogP contribution in [0.1, 0.15) is 33.6 Å². The molecular formula is C13H22N2O4S. The molecule has 0 aromatic carbocycles. The average Bonchev–Trinajstić information content (AvgIpc) is 2.29. The van der Waals surface area contributed by atoms with Crippen molar-refractivity contribution in [3.05, 3.63) is 0 Å². The number of rotatable bonds is 1. The Balaban J connectivity index is 2.22. The van der Waals surface area contributed by atoms with Crippen molar-refractivity contribution in [1.29, 1.82) is 0 Å². The maximum Gasteiger partial charge on any atom is 0.246 e. The molecule has 6 nitrogen and oxygen atoms in total. The zero-order valence-corrected chi connectivity index (χ0v) is 13.0. The molecule has 2 amide bonds. The van der Waals surface area contributed by atoms with E-state index in [1.807, 2.05) is 20.8 Å². The Labute approximate surface area is 119 Å². The SMILES string of the molecule is CC(C)(C)C1NC(=O)CN(C2CCCS(=O)(=O)C2)C1=O. The van der Waals surface area contributed by atoms with Gasteiger partial charge in [0.2, 0.25) is 11.8 Å². The summed E-state index contributed by atoms with van der Waals surface area (Å²) in [7, 11) is -3.10. The van der Waals surface area contributed by atoms with Crippen molar-refractivity contribution < 1.29 is 18.0 Å². The van der Waals surface area contributed by atoms with Gasteiger partial charge in [0.25, 0.3) is 0 Å². The maximum absolute atomic E-state index is 12.5. The molecular weight excluding hydrogens is 280 g/mol. The highest BCUT2D eigenvalue weighted by molar-refractivity contribution is 7.91. The summed E-state index contributed by atoms with van der Waals surface area (Å²) in [5, 5.41) is 2.72. The molecule has 0 bridgehead atoms. The van der Waals surface area contributed by atoms with Crippen molar-refractivity contribution in [2.45, 2.75) is 45.7 Å². The van der Waals surface area contributed by atoms with Gasteiger partial charge in [0.1, 0.15) is 6.04 Å². The second-order valence-corrected chi connectivity index (χ2v) is 8.97. The number of nitrogens with one attached hydrogen (secondary N) is 1. The summed E-state index contributed by atoms with van der Waals surface area (Å²) in [4.78, 5) is 25.8. The number of piperazine rings is 1. The van der Waals surface area contributed by atoms with Crippen molar-refractivity contribution in [3.63, 3.8) is 0 Å². The minimum atomic E-state index is -3.10. The number of carbonyl (C=O) groups is 2.